The lowest BCUT2D eigenvalue weighted by atomic mass is 10.1. The fourth-order valence-electron chi connectivity index (χ4n) is 1.88. The molecule has 1 aliphatic heterocycles. The highest BCUT2D eigenvalue weighted by Crippen LogP contribution is 2.37. The van der Waals surface area contributed by atoms with Crippen LogP contribution in [0.25, 0.3) is 0 Å². The molecule has 0 aliphatic carbocycles. The molecule has 3 atom stereocenters. The molecule has 0 aromatic heterocycles. The minimum absolute atomic E-state index is 0.0771. The molecule has 0 spiro atoms. The minimum Gasteiger partial charge on any atom is -0.497 e. The Balaban J connectivity index is 2.11. The Morgan fingerprint density at radius 3 is 2.78 bits per heavy atom. The molecule has 1 heterocycles. The molecular weight excluding hydrogens is 264 g/mol. The molecule has 2 nitrogen and oxygen atoms in total. The van der Waals surface area contributed by atoms with Crippen LogP contribution < -0.4 is 4.74 Å². The molecule has 3 unspecified atom stereocenters. The van der Waals surface area contributed by atoms with Crippen molar-refractivity contribution >= 4 is 29.3 Å². The van der Waals surface area contributed by atoms with E-state index in [2.05, 4.69) is 13.8 Å². The lowest BCUT2D eigenvalue weighted by molar-refractivity contribution is 0.0994. The van der Waals surface area contributed by atoms with Crippen molar-refractivity contribution in [2.75, 3.05) is 12.9 Å². The van der Waals surface area contributed by atoms with Gasteiger partial charge in [0, 0.05) is 21.8 Å². The zero-order valence-corrected chi connectivity index (χ0v) is 12.5. The summed E-state index contributed by atoms with van der Waals surface area (Å²) in [5.41, 5.74) is 0.759. The lowest BCUT2D eigenvalue weighted by Crippen LogP contribution is -2.31. The first-order valence-corrected chi connectivity index (χ1v) is 8.06. The SMILES string of the molecule is COc1cccc(C(=O)C2CSC(C)C(C)S2)c1. The molecule has 98 valence electrons. The minimum atomic E-state index is 0.0771. The molecule has 18 heavy (non-hydrogen) atoms. The van der Waals surface area contributed by atoms with Gasteiger partial charge in [-0.25, -0.2) is 0 Å². The second-order valence-electron chi connectivity index (χ2n) is 4.46. The Morgan fingerprint density at radius 1 is 1.33 bits per heavy atom. The zero-order valence-electron chi connectivity index (χ0n) is 10.9. The smallest absolute Gasteiger partial charge is 0.176 e. The van der Waals surface area contributed by atoms with E-state index in [-0.39, 0.29) is 11.0 Å². The van der Waals surface area contributed by atoms with Crippen LogP contribution in [-0.2, 0) is 0 Å². The predicted molar refractivity (Wildman–Crippen MR) is 80.1 cm³/mol. The summed E-state index contributed by atoms with van der Waals surface area (Å²) in [5, 5.41) is 1.24. The van der Waals surface area contributed by atoms with Crippen molar-refractivity contribution in [2.24, 2.45) is 0 Å². The highest BCUT2D eigenvalue weighted by molar-refractivity contribution is 8.08. The van der Waals surface area contributed by atoms with E-state index < -0.39 is 0 Å². The molecule has 1 aliphatic rings. The molecule has 2 rings (SSSR count). The van der Waals surface area contributed by atoms with Crippen molar-refractivity contribution in [1.29, 1.82) is 0 Å². The third-order valence-corrected chi connectivity index (χ3v) is 6.59. The molecule has 1 saturated heterocycles. The van der Waals surface area contributed by atoms with Crippen LogP contribution in [0.2, 0.25) is 0 Å². The van der Waals surface area contributed by atoms with Crippen LogP contribution in [0.15, 0.2) is 24.3 Å². The number of ketones is 1. The van der Waals surface area contributed by atoms with Crippen molar-refractivity contribution < 1.29 is 9.53 Å². The van der Waals surface area contributed by atoms with Gasteiger partial charge in [-0.1, -0.05) is 26.0 Å². The largest absolute Gasteiger partial charge is 0.497 e. The van der Waals surface area contributed by atoms with E-state index in [1.165, 1.54) is 0 Å². The van der Waals surface area contributed by atoms with Gasteiger partial charge in [-0.3, -0.25) is 4.79 Å². The van der Waals surface area contributed by atoms with Gasteiger partial charge in [-0.15, -0.1) is 11.8 Å². The van der Waals surface area contributed by atoms with Crippen molar-refractivity contribution in [2.45, 2.75) is 29.6 Å². The number of benzene rings is 1. The number of ether oxygens (including phenoxy) is 1. The van der Waals surface area contributed by atoms with Crippen molar-refractivity contribution in [3.05, 3.63) is 29.8 Å². The Morgan fingerprint density at radius 2 is 2.11 bits per heavy atom. The molecule has 0 radical (unpaired) electrons. The average molecular weight is 282 g/mol. The van der Waals surface area contributed by atoms with E-state index in [4.69, 9.17) is 4.74 Å². The molecule has 0 amide bonds. The fraction of sp³-hybridized carbons (Fsp3) is 0.500. The van der Waals surface area contributed by atoms with E-state index in [0.29, 0.717) is 10.5 Å². The highest BCUT2D eigenvalue weighted by Gasteiger charge is 2.30. The maximum absolute atomic E-state index is 12.4. The Labute approximate surface area is 117 Å². The summed E-state index contributed by atoms with van der Waals surface area (Å²) >= 11 is 3.69. The summed E-state index contributed by atoms with van der Waals surface area (Å²) in [7, 11) is 1.62. The monoisotopic (exact) mass is 282 g/mol. The Bertz CT molecular complexity index is 434. The quantitative estimate of drug-likeness (QED) is 0.793. The van der Waals surface area contributed by atoms with E-state index >= 15 is 0 Å². The number of hydrogen-bond donors (Lipinski definition) is 0. The summed E-state index contributed by atoms with van der Waals surface area (Å²) in [6, 6.07) is 7.44. The molecule has 4 heteroatoms. The van der Waals surface area contributed by atoms with Crippen molar-refractivity contribution in [3.8, 4) is 5.75 Å². The van der Waals surface area contributed by atoms with E-state index in [0.717, 1.165) is 17.1 Å². The van der Waals surface area contributed by atoms with Crippen LogP contribution in [0.1, 0.15) is 24.2 Å². The van der Waals surface area contributed by atoms with Gasteiger partial charge >= 0.3 is 0 Å². The van der Waals surface area contributed by atoms with Gasteiger partial charge in [0.05, 0.1) is 12.4 Å². The van der Waals surface area contributed by atoms with Crippen molar-refractivity contribution in [1.82, 2.24) is 0 Å². The number of hydrogen-bond acceptors (Lipinski definition) is 4. The van der Waals surface area contributed by atoms with Crippen molar-refractivity contribution in [3.63, 3.8) is 0 Å². The van der Waals surface area contributed by atoms with E-state index in [9.17, 15) is 4.79 Å². The van der Waals surface area contributed by atoms with Gasteiger partial charge in [0.2, 0.25) is 0 Å². The van der Waals surface area contributed by atoms with Crippen LogP contribution in [-0.4, -0.2) is 34.4 Å². The van der Waals surface area contributed by atoms with E-state index in [1.807, 2.05) is 36.0 Å². The summed E-state index contributed by atoms with van der Waals surface area (Å²) in [6.45, 7) is 4.43. The first-order valence-electron chi connectivity index (χ1n) is 6.07. The van der Waals surface area contributed by atoms with Gasteiger partial charge in [0.25, 0.3) is 0 Å². The van der Waals surface area contributed by atoms with Gasteiger partial charge in [-0.05, 0) is 12.1 Å². The van der Waals surface area contributed by atoms with Gasteiger partial charge < -0.3 is 4.74 Å². The first kappa shape index (κ1) is 13.8. The third-order valence-electron chi connectivity index (χ3n) is 3.20. The third kappa shape index (κ3) is 3.04. The molecule has 1 fully saturated rings. The molecular formula is C14H18O2S2. The Hall–Kier alpha value is -0.610. The molecule has 1 aromatic carbocycles. The Kier molecular flexibility index (Phi) is 4.62. The van der Waals surface area contributed by atoms with Gasteiger partial charge in [0.1, 0.15) is 5.75 Å². The normalized spacial score (nSPS) is 27.8. The molecule has 0 N–H and O–H groups in total. The number of methoxy groups -OCH3 is 1. The maximum Gasteiger partial charge on any atom is 0.176 e. The second-order valence-corrected chi connectivity index (χ2v) is 7.46. The average Bonchev–Trinajstić information content (AvgIpc) is 2.41. The predicted octanol–water partition coefficient (Wildman–Crippen LogP) is 3.50. The molecule has 0 saturated carbocycles. The summed E-state index contributed by atoms with van der Waals surface area (Å²) < 4.78 is 5.17. The number of Topliss-reactive ketones (excluding diaryl/α,β-unsaturated/α-hetero) is 1. The molecule has 0 bridgehead atoms. The number of rotatable bonds is 3. The molecule has 1 aromatic rings. The number of thioether (sulfide) groups is 2. The number of carbonyl (C=O) groups is 1. The van der Waals surface area contributed by atoms with Crippen LogP contribution in [0.3, 0.4) is 0 Å². The fourth-order valence-corrected chi connectivity index (χ4v) is 4.76. The van der Waals surface area contributed by atoms with Crippen LogP contribution in [0.4, 0.5) is 0 Å². The van der Waals surface area contributed by atoms with Crippen LogP contribution in [0, 0.1) is 0 Å². The maximum atomic E-state index is 12.4. The standard InChI is InChI=1S/C14H18O2S2/c1-9-10(2)18-13(8-17-9)14(15)11-5-4-6-12(7-11)16-3/h4-7,9-10,13H,8H2,1-3H3. The van der Waals surface area contributed by atoms with Crippen LogP contribution >= 0.6 is 23.5 Å². The van der Waals surface area contributed by atoms with Crippen LogP contribution in [0.5, 0.6) is 5.75 Å². The first-order chi connectivity index (χ1) is 8.61. The van der Waals surface area contributed by atoms with Gasteiger partial charge in [-0.2, -0.15) is 11.8 Å². The lowest BCUT2D eigenvalue weighted by Gasteiger charge is -2.30. The summed E-state index contributed by atoms with van der Waals surface area (Å²) in [4.78, 5) is 12.4. The highest BCUT2D eigenvalue weighted by atomic mass is 32.2. The zero-order chi connectivity index (χ0) is 13.1. The second kappa shape index (κ2) is 6.02. The number of carbonyl (C=O) groups excluding carboxylic acids is 1. The van der Waals surface area contributed by atoms with Gasteiger partial charge in [0.15, 0.2) is 5.78 Å². The van der Waals surface area contributed by atoms with E-state index in [1.54, 1.807) is 18.9 Å². The topological polar surface area (TPSA) is 26.3 Å². The summed E-state index contributed by atoms with van der Waals surface area (Å²) in [6.07, 6.45) is 0. The summed E-state index contributed by atoms with van der Waals surface area (Å²) in [5.74, 6) is 1.88.